The van der Waals surface area contributed by atoms with Gasteiger partial charge in [0.25, 0.3) is 5.91 Å². The summed E-state index contributed by atoms with van der Waals surface area (Å²) in [6.45, 7) is 2.00. The van der Waals surface area contributed by atoms with Crippen molar-refractivity contribution in [3.63, 3.8) is 0 Å². The van der Waals surface area contributed by atoms with Gasteiger partial charge in [0, 0.05) is 31.0 Å². The second-order valence-electron chi connectivity index (χ2n) is 6.81. The molecule has 8 nitrogen and oxygen atoms in total. The minimum atomic E-state index is -0.235. The van der Waals surface area contributed by atoms with E-state index in [2.05, 4.69) is 26.4 Å². The van der Waals surface area contributed by atoms with Gasteiger partial charge >= 0.3 is 0 Å². The van der Waals surface area contributed by atoms with Crippen LogP contribution in [-0.2, 0) is 4.74 Å². The molecule has 0 bridgehead atoms. The van der Waals surface area contributed by atoms with Crippen LogP contribution in [0.3, 0.4) is 0 Å². The number of hydrogen-bond acceptors (Lipinski definition) is 7. The van der Waals surface area contributed by atoms with Gasteiger partial charge in [-0.15, -0.1) is 5.53 Å². The van der Waals surface area contributed by atoms with Crippen LogP contribution < -0.4 is 16.3 Å². The number of nitrogens with one attached hydrogen (secondary N) is 3. The van der Waals surface area contributed by atoms with Crippen LogP contribution in [0.25, 0.3) is 11.3 Å². The second kappa shape index (κ2) is 7.42. The highest BCUT2D eigenvalue weighted by molar-refractivity contribution is 5.92. The minimum absolute atomic E-state index is 0.00765. The van der Waals surface area contributed by atoms with E-state index >= 15 is 0 Å². The fraction of sp³-hybridized carbons (Fsp3) is 0.368. The zero-order chi connectivity index (χ0) is 18.8. The molecule has 4 rings (SSSR count). The van der Waals surface area contributed by atoms with Crippen LogP contribution in [-0.4, -0.2) is 41.4 Å². The van der Waals surface area contributed by atoms with Crippen molar-refractivity contribution in [3.05, 3.63) is 54.1 Å². The number of rotatable bonds is 6. The molecule has 1 aliphatic heterocycles. The standard InChI is InChI=1S/C19H23N5O3/c1-12(26-2)17-11-20-23-24(17)15-8-14(9-15)21-19(25)18-10-16(22-27-18)13-6-4-3-5-7-13/h3-7,10-12,14-15,20,23H,8-9H2,1-2H3,(H,21,25)/t12-,14-,15+/m1/s1. The van der Waals surface area contributed by atoms with Crippen molar-refractivity contribution in [3.8, 4) is 11.3 Å². The van der Waals surface area contributed by atoms with Crippen molar-refractivity contribution >= 4 is 5.91 Å². The Kier molecular flexibility index (Phi) is 4.83. The van der Waals surface area contributed by atoms with E-state index in [-0.39, 0.29) is 23.8 Å². The van der Waals surface area contributed by atoms with Gasteiger partial charge in [0.1, 0.15) is 5.69 Å². The molecular weight excluding hydrogens is 346 g/mol. The molecule has 8 heteroatoms. The highest BCUT2D eigenvalue weighted by Gasteiger charge is 2.38. The first kappa shape index (κ1) is 17.6. The summed E-state index contributed by atoms with van der Waals surface area (Å²) < 4.78 is 10.6. The summed E-state index contributed by atoms with van der Waals surface area (Å²) in [5.41, 5.74) is 8.76. The lowest BCUT2D eigenvalue weighted by atomic mass is 9.85. The van der Waals surface area contributed by atoms with Crippen LogP contribution in [0.1, 0.15) is 30.3 Å². The number of ether oxygens (including phenoxy) is 1. The fourth-order valence-corrected chi connectivity index (χ4v) is 3.35. The van der Waals surface area contributed by atoms with Crippen LogP contribution >= 0.6 is 0 Å². The summed E-state index contributed by atoms with van der Waals surface area (Å²) >= 11 is 0. The van der Waals surface area contributed by atoms with E-state index in [9.17, 15) is 4.79 Å². The van der Waals surface area contributed by atoms with Crippen LogP contribution in [0.5, 0.6) is 0 Å². The number of aromatic nitrogens is 1. The maximum atomic E-state index is 12.4. The Hall–Kier alpha value is -2.84. The molecule has 0 radical (unpaired) electrons. The third-order valence-electron chi connectivity index (χ3n) is 5.07. The molecule has 1 amide bonds. The third kappa shape index (κ3) is 3.54. The fourth-order valence-electron chi connectivity index (χ4n) is 3.35. The van der Waals surface area contributed by atoms with Crippen LogP contribution in [0.15, 0.2) is 52.8 Å². The molecule has 1 fully saturated rings. The van der Waals surface area contributed by atoms with Gasteiger partial charge in [0.05, 0.1) is 17.8 Å². The number of hydrogen-bond donors (Lipinski definition) is 3. The van der Waals surface area contributed by atoms with E-state index in [1.54, 1.807) is 13.2 Å². The van der Waals surface area contributed by atoms with E-state index in [0.29, 0.717) is 11.7 Å². The molecule has 2 aromatic rings. The first-order valence-corrected chi connectivity index (χ1v) is 9.02. The van der Waals surface area contributed by atoms with Gasteiger partial charge in [-0.2, -0.15) is 0 Å². The van der Waals surface area contributed by atoms with Gasteiger partial charge in [0.15, 0.2) is 0 Å². The molecule has 1 atom stereocenters. The Morgan fingerprint density at radius 1 is 1.37 bits per heavy atom. The lowest BCUT2D eigenvalue weighted by molar-refractivity contribution is 0.0428. The summed E-state index contributed by atoms with van der Waals surface area (Å²) in [6, 6.07) is 11.7. The molecule has 3 N–H and O–H groups in total. The lowest BCUT2D eigenvalue weighted by Gasteiger charge is -2.43. The molecule has 0 spiro atoms. The molecule has 2 heterocycles. The van der Waals surface area contributed by atoms with E-state index < -0.39 is 0 Å². The van der Waals surface area contributed by atoms with Gasteiger partial charge in [-0.1, -0.05) is 35.5 Å². The normalized spacial score (nSPS) is 22.6. The van der Waals surface area contributed by atoms with E-state index in [0.717, 1.165) is 24.1 Å². The van der Waals surface area contributed by atoms with Crippen LogP contribution in [0.2, 0.25) is 0 Å². The molecule has 27 heavy (non-hydrogen) atoms. The summed E-state index contributed by atoms with van der Waals surface area (Å²) in [4.78, 5) is 12.4. The number of nitrogens with zero attached hydrogens (tertiary/aromatic N) is 2. The van der Waals surface area contributed by atoms with Crippen molar-refractivity contribution in [1.82, 2.24) is 26.4 Å². The highest BCUT2D eigenvalue weighted by atomic mass is 16.5. The number of benzene rings is 1. The van der Waals surface area contributed by atoms with E-state index in [4.69, 9.17) is 9.26 Å². The number of carbonyl (C=O) groups excluding carboxylic acids is 1. The van der Waals surface area contributed by atoms with Crippen molar-refractivity contribution in [1.29, 1.82) is 0 Å². The maximum Gasteiger partial charge on any atom is 0.290 e. The molecule has 0 unspecified atom stereocenters. The Balaban J connectivity index is 1.31. The highest BCUT2D eigenvalue weighted by Crippen LogP contribution is 2.30. The summed E-state index contributed by atoms with van der Waals surface area (Å²) in [6.07, 6.45) is 3.58. The monoisotopic (exact) mass is 369 g/mol. The smallest absolute Gasteiger partial charge is 0.290 e. The SMILES string of the molecule is CO[C@H](C)C1=CNNN1[C@H]1C[C@@H](NC(=O)c2cc(-c3ccccc3)no2)C1. The van der Waals surface area contributed by atoms with Crippen LogP contribution in [0, 0.1) is 0 Å². The average Bonchev–Trinajstić information content (AvgIpc) is 3.34. The lowest BCUT2D eigenvalue weighted by Crippen LogP contribution is -2.57. The van der Waals surface area contributed by atoms with Crippen molar-refractivity contribution < 1.29 is 14.1 Å². The molecule has 0 saturated heterocycles. The van der Waals surface area contributed by atoms with Crippen molar-refractivity contribution in [2.45, 2.75) is 38.0 Å². The Bertz CT molecular complexity index is 829. The number of hydrazine groups is 2. The third-order valence-corrected chi connectivity index (χ3v) is 5.07. The quantitative estimate of drug-likeness (QED) is 0.715. The van der Waals surface area contributed by atoms with Gasteiger partial charge in [-0.3, -0.25) is 9.80 Å². The zero-order valence-electron chi connectivity index (χ0n) is 15.3. The van der Waals surface area contributed by atoms with E-state index in [1.165, 1.54) is 0 Å². The topological polar surface area (TPSA) is 91.7 Å². The van der Waals surface area contributed by atoms with Crippen molar-refractivity contribution in [2.24, 2.45) is 0 Å². The first-order valence-electron chi connectivity index (χ1n) is 9.02. The van der Waals surface area contributed by atoms with E-state index in [1.807, 2.05) is 43.5 Å². The predicted octanol–water partition coefficient (Wildman–Crippen LogP) is 1.80. The summed E-state index contributed by atoms with van der Waals surface area (Å²) in [5.74, 6) is -0.00600. The first-order chi connectivity index (χ1) is 13.2. The molecule has 1 aromatic heterocycles. The Morgan fingerprint density at radius 2 is 2.15 bits per heavy atom. The zero-order valence-corrected chi connectivity index (χ0v) is 15.3. The molecule has 1 aliphatic carbocycles. The molecular formula is C19H23N5O3. The van der Waals surface area contributed by atoms with Gasteiger partial charge in [-0.25, -0.2) is 0 Å². The Morgan fingerprint density at radius 3 is 2.89 bits per heavy atom. The largest absolute Gasteiger partial charge is 0.375 e. The molecule has 1 aromatic carbocycles. The molecule has 1 saturated carbocycles. The average molecular weight is 369 g/mol. The predicted molar refractivity (Wildman–Crippen MR) is 98.9 cm³/mol. The maximum absolute atomic E-state index is 12.4. The molecule has 142 valence electrons. The van der Waals surface area contributed by atoms with Crippen molar-refractivity contribution in [2.75, 3.05) is 7.11 Å². The van der Waals surface area contributed by atoms with Gasteiger partial charge in [-0.05, 0) is 19.8 Å². The number of amides is 1. The van der Waals surface area contributed by atoms with Gasteiger partial charge < -0.3 is 20.0 Å². The summed E-state index contributed by atoms with van der Waals surface area (Å²) in [5, 5.41) is 9.07. The Labute approximate surface area is 157 Å². The second-order valence-corrected chi connectivity index (χ2v) is 6.81. The minimum Gasteiger partial charge on any atom is -0.375 e. The van der Waals surface area contributed by atoms with Crippen LogP contribution in [0.4, 0.5) is 0 Å². The number of methoxy groups -OCH3 is 1. The number of carbonyl (C=O) groups is 1. The molecule has 2 aliphatic rings. The summed E-state index contributed by atoms with van der Waals surface area (Å²) in [7, 11) is 1.69. The van der Waals surface area contributed by atoms with Gasteiger partial charge in [0.2, 0.25) is 5.76 Å².